The third kappa shape index (κ3) is 36500. The maximum Gasteiger partial charge on any atom is 6.00 e. The molecule has 22 heavy (non-hydrogen) atoms. The zero-order chi connectivity index (χ0) is 17.9. The van der Waals surface area contributed by atoms with Gasteiger partial charge in [0.15, 0.2) is 0 Å². The summed E-state index contributed by atoms with van der Waals surface area (Å²) >= 11 is 0. The van der Waals surface area contributed by atoms with E-state index < -0.39 is 45.9 Å². The molecule has 118 valence electrons. The number of rotatable bonds is 0. The van der Waals surface area contributed by atoms with Crippen LogP contribution in [0.25, 0.3) is 0 Å². The largest absolute Gasteiger partial charge is 6.00 e. The van der Waals surface area contributed by atoms with Crippen LogP contribution in [0.15, 0.2) is 0 Å². The molecule has 0 aromatic carbocycles. The van der Waals surface area contributed by atoms with Crippen molar-refractivity contribution < 1.29 is 141 Å². The predicted molar refractivity (Wildman–Crippen MR) is 32.2 cm³/mol. The molecule has 0 aliphatic rings. The molecule has 0 unspecified atom stereocenters. The zero-order valence-electron chi connectivity index (χ0n) is 9.62. The molecule has 0 N–H and O–H groups in total. The van der Waals surface area contributed by atoms with Crippen LogP contribution in [0.4, 0.5) is 0 Å². The van der Waals surface area contributed by atoms with E-state index in [9.17, 15) is 0 Å². The van der Waals surface area contributed by atoms with Crippen LogP contribution < -0.4 is 48.0 Å². The van der Waals surface area contributed by atoms with E-state index in [4.69, 9.17) is 70.3 Å². The van der Waals surface area contributed by atoms with Crippen LogP contribution in [0.5, 0.6) is 0 Å². The summed E-state index contributed by atoms with van der Waals surface area (Å²) in [5.41, 5.74) is 0. The zero-order valence-corrected chi connectivity index (χ0v) is 22.9. The minimum atomic E-state index is -3.63. The van der Waals surface area contributed by atoms with Gasteiger partial charge in [0, 0.05) is 45.9 Å². The van der Waals surface area contributed by atoms with Gasteiger partial charge in [0.25, 0.3) is 0 Å². The minimum absolute atomic E-state index is 0. The Hall–Kier alpha value is 0.461. The van der Waals surface area contributed by atoms with Gasteiger partial charge in [-0.3, -0.25) is 0 Å². The van der Waals surface area contributed by atoms with Crippen molar-refractivity contribution in [3.8, 4) is 0 Å². The van der Waals surface area contributed by atoms with Gasteiger partial charge in [0.1, 0.15) is 0 Å². The molecule has 0 atom stereocenters. The predicted octanol–water partition coefficient (Wildman–Crippen LogP) is -14.4. The van der Waals surface area contributed by atoms with Crippen LogP contribution >= 0.6 is 0 Å². The molecular formula is O15Si5ThU. The summed E-state index contributed by atoms with van der Waals surface area (Å²) in [6.07, 6.45) is 0. The number of hydrogen-bond acceptors (Lipinski definition) is 15. The molecule has 0 aliphatic carbocycles. The maximum atomic E-state index is 8.52. The van der Waals surface area contributed by atoms with Crippen molar-refractivity contribution >= 4 is 45.9 Å². The Morgan fingerprint density at radius 2 is 0.364 bits per heavy atom. The van der Waals surface area contributed by atoms with Gasteiger partial charge in [-0.1, -0.05) is 0 Å². The molecule has 0 aromatic heterocycles. The monoisotopic (exact) mass is 850 g/mol. The molecule has 0 saturated heterocycles. The van der Waals surface area contributed by atoms with E-state index in [0.29, 0.717) is 0 Å². The van der Waals surface area contributed by atoms with E-state index in [2.05, 4.69) is 0 Å². The molecule has 0 saturated carbocycles. The fourth-order valence-corrected chi connectivity index (χ4v) is 0. The standard InChI is InChI=1S/5O3Si.Th.U/c5*1-4(2)3;;/q5*-2;+4;+6. The SMILES string of the molecule is O=[Si]([O-])[O-].O=[Si]([O-])[O-].O=[Si]([O-])[O-].O=[Si]([O-])[O-].O=[Si]([O-])[O-].[Th+4].[U+6]. The molecule has 0 heterocycles. The summed E-state index contributed by atoms with van der Waals surface area (Å²) in [6, 6.07) is 0. The number of hydrogen-bond donors (Lipinski definition) is 0. The van der Waals surface area contributed by atoms with Gasteiger partial charge in [0.05, 0.1) is 0 Å². The first-order valence-corrected chi connectivity index (χ1v) is 9.19. The van der Waals surface area contributed by atoms with Crippen LogP contribution in [0.1, 0.15) is 0 Å². The smallest absolute Gasteiger partial charge is 0.672 e. The molecule has 22 heteroatoms. The molecule has 0 aliphatic heterocycles. The Balaban J connectivity index is -0.0000000250. The summed E-state index contributed by atoms with van der Waals surface area (Å²) in [6.45, 7) is 0. The van der Waals surface area contributed by atoms with Crippen molar-refractivity contribution in [3.63, 3.8) is 0 Å². The van der Waals surface area contributed by atoms with Crippen molar-refractivity contribution in [1.29, 1.82) is 0 Å². The maximum absolute atomic E-state index is 8.52. The van der Waals surface area contributed by atoms with Gasteiger partial charge >= 0.3 is 71.1 Å². The fourth-order valence-electron chi connectivity index (χ4n) is 0. The molecule has 0 amide bonds. The van der Waals surface area contributed by atoms with E-state index >= 15 is 0 Å². The first kappa shape index (κ1) is 43.3. The van der Waals surface area contributed by atoms with E-state index in [0.717, 1.165) is 0 Å². The van der Waals surface area contributed by atoms with Gasteiger partial charge in [-0.15, -0.1) is 0 Å². The quantitative estimate of drug-likeness (QED) is 0.204. The average molecular weight is 850 g/mol. The van der Waals surface area contributed by atoms with Crippen LogP contribution in [0.3, 0.4) is 0 Å². The van der Waals surface area contributed by atoms with E-state index in [1.165, 1.54) is 0 Å². The molecule has 0 bridgehead atoms. The summed E-state index contributed by atoms with van der Waals surface area (Å²) in [5.74, 6) is 0. The topological polar surface area (TPSA) is 316 Å². The van der Waals surface area contributed by atoms with Crippen LogP contribution in [-0.4, -0.2) is 45.9 Å². The van der Waals surface area contributed by atoms with Crippen molar-refractivity contribution in [2.45, 2.75) is 0 Å². The van der Waals surface area contributed by atoms with Crippen LogP contribution in [-0.2, 0) is 22.3 Å². The van der Waals surface area contributed by atoms with Gasteiger partial charge in [-0.25, -0.2) is 0 Å². The Labute approximate surface area is 185 Å². The van der Waals surface area contributed by atoms with Crippen molar-refractivity contribution in [2.24, 2.45) is 0 Å². The summed E-state index contributed by atoms with van der Waals surface area (Å²) < 4.78 is 42.6. The Bertz CT molecular complexity index is 213. The molecule has 0 aromatic rings. The Morgan fingerprint density at radius 1 is 0.364 bits per heavy atom. The van der Waals surface area contributed by atoms with E-state index in [-0.39, 0.29) is 71.1 Å². The van der Waals surface area contributed by atoms with Crippen molar-refractivity contribution in [2.75, 3.05) is 0 Å². The van der Waals surface area contributed by atoms with Crippen LogP contribution in [0, 0.1) is 71.1 Å². The van der Waals surface area contributed by atoms with E-state index in [1.54, 1.807) is 0 Å². The summed E-state index contributed by atoms with van der Waals surface area (Å²) in [7, 11) is -18.1. The Morgan fingerprint density at radius 3 is 0.364 bits per heavy atom. The second-order valence-corrected chi connectivity index (χ2v) is 3.75. The van der Waals surface area contributed by atoms with Gasteiger partial charge < -0.3 is 70.3 Å². The van der Waals surface area contributed by atoms with Crippen molar-refractivity contribution in [1.82, 2.24) is 0 Å². The fraction of sp³-hybridized carbons (Fsp3) is 0. The van der Waals surface area contributed by atoms with Gasteiger partial charge in [-0.05, 0) is 0 Å². The summed E-state index contributed by atoms with van der Waals surface area (Å²) in [4.78, 5) is 85.2. The van der Waals surface area contributed by atoms with E-state index in [1.807, 2.05) is 0 Å². The van der Waals surface area contributed by atoms with Gasteiger partial charge in [-0.2, -0.15) is 0 Å². The molecule has 0 fully saturated rings. The second kappa shape index (κ2) is 37.6. The molecule has 0 radical (unpaired) electrons. The first-order chi connectivity index (χ1) is 8.66. The third-order valence-electron chi connectivity index (χ3n) is 0. The molecule has 0 spiro atoms. The average Bonchev–Trinajstić information content (AvgIpc) is 1.94. The Kier molecular flexibility index (Phi) is 73.9. The second-order valence-electron chi connectivity index (χ2n) is 1.25. The normalized spacial score (nSPS) is 5.45. The molecule has 15 nitrogen and oxygen atoms in total. The first-order valence-electron chi connectivity index (χ1n) is 3.06. The third-order valence-corrected chi connectivity index (χ3v) is 0. The minimum Gasteiger partial charge on any atom is -0.672 e. The summed E-state index contributed by atoms with van der Waals surface area (Å²) in [5, 5.41) is 0. The molecular weight excluding hydrogens is 850 g/mol. The van der Waals surface area contributed by atoms with Gasteiger partial charge in [0.2, 0.25) is 0 Å². The van der Waals surface area contributed by atoms with Crippen molar-refractivity contribution in [3.05, 3.63) is 0 Å². The van der Waals surface area contributed by atoms with Crippen LogP contribution in [0.2, 0.25) is 0 Å². The molecule has 0 rings (SSSR count).